The van der Waals surface area contributed by atoms with Crippen LogP contribution in [0.25, 0.3) is 0 Å². The molecular formula is C36H54N4O6. The van der Waals surface area contributed by atoms with Crippen LogP contribution in [-0.4, -0.2) is 33.8 Å². The zero-order chi connectivity index (χ0) is 33.9. The van der Waals surface area contributed by atoms with E-state index in [-0.39, 0.29) is 40.4 Å². The Kier molecular flexibility index (Phi) is 17.3. The number of hydrazine groups is 2. The van der Waals surface area contributed by atoms with Crippen molar-refractivity contribution in [3.05, 3.63) is 58.7 Å². The highest BCUT2D eigenvalue weighted by Gasteiger charge is 2.22. The molecule has 0 bridgehead atoms. The summed E-state index contributed by atoms with van der Waals surface area (Å²) in [7, 11) is 0. The van der Waals surface area contributed by atoms with Crippen LogP contribution in [-0.2, 0) is 22.4 Å². The topological polar surface area (TPSA) is 157 Å². The first-order valence-corrected chi connectivity index (χ1v) is 16.9. The lowest BCUT2D eigenvalue weighted by Crippen LogP contribution is -2.45. The molecule has 4 amide bonds. The highest BCUT2D eigenvalue weighted by atomic mass is 16.3. The minimum Gasteiger partial charge on any atom is -0.507 e. The Labute approximate surface area is 274 Å². The Morgan fingerprint density at radius 2 is 1.04 bits per heavy atom. The highest BCUT2D eigenvalue weighted by molar-refractivity contribution is 5.98. The second kappa shape index (κ2) is 20.9. The smallest absolute Gasteiger partial charge is 0.273 e. The van der Waals surface area contributed by atoms with Crippen LogP contribution < -0.4 is 21.7 Å². The average molecular weight is 639 g/mol. The van der Waals surface area contributed by atoms with E-state index >= 15 is 0 Å². The molecule has 2 aromatic rings. The predicted molar refractivity (Wildman–Crippen MR) is 180 cm³/mol. The monoisotopic (exact) mass is 638 g/mol. The minimum absolute atomic E-state index is 0.105. The van der Waals surface area contributed by atoms with Crippen molar-refractivity contribution in [2.75, 3.05) is 0 Å². The SMILES string of the molecule is CCCCCc1ccc(O)c(C(=O)NNC(=O)C(C)CCCC(CCCC)C(=O)NNC(=O)c2cc(CCCCC)ccc2O)c1. The van der Waals surface area contributed by atoms with E-state index in [2.05, 4.69) is 35.6 Å². The number of carbonyl (C=O) groups is 4. The lowest BCUT2D eigenvalue weighted by molar-refractivity contribution is -0.126. The summed E-state index contributed by atoms with van der Waals surface area (Å²) < 4.78 is 0. The fourth-order valence-electron chi connectivity index (χ4n) is 5.25. The Morgan fingerprint density at radius 1 is 0.587 bits per heavy atom. The van der Waals surface area contributed by atoms with E-state index in [0.29, 0.717) is 25.7 Å². The number of phenolic OH excluding ortho intramolecular Hbond substituents is 2. The summed E-state index contributed by atoms with van der Waals surface area (Å²) in [6, 6.07) is 9.90. The molecule has 10 nitrogen and oxygen atoms in total. The number of aromatic hydroxyl groups is 2. The van der Waals surface area contributed by atoms with Gasteiger partial charge in [-0.1, -0.05) is 84.8 Å². The van der Waals surface area contributed by atoms with Crippen molar-refractivity contribution in [1.29, 1.82) is 0 Å². The highest BCUT2D eigenvalue weighted by Crippen LogP contribution is 2.22. The maximum Gasteiger partial charge on any atom is 0.273 e. The quantitative estimate of drug-likeness (QED) is 0.0773. The van der Waals surface area contributed by atoms with E-state index in [1.54, 1.807) is 31.2 Å². The van der Waals surface area contributed by atoms with Crippen LogP contribution in [0.5, 0.6) is 11.5 Å². The number of amides is 4. The first-order chi connectivity index (χ1) is 22.1. The molecule has 0 fully saturated rings. The van der Waals surface area contributed by atoms with Crippen molar-refractivity contribution < 1.29 is 29.4 Å². The summed E-state index contributed by atoms with van der Waals surface area (Å²) in [5.41, 5.74) is 11.9. The number of hydrogen-bond acceptors (Lipinski definition) is 6. The van der Waals surface area contributed by atoms with Crippen molar-refractivity contribution in [2.45, 2.75) is 118 Å². The maximum absolute atomic E-state index is 13.0. The van der Waals surface area contributed by atoms with Gasteiger partial charge in [-0.2, -0.15) is 0 Å². The van der Waals surface area contributed by atoms with Gasteiger partial charge in [0.05, 0.1) is 11.1 Å². The Hall–Kier alpha value is -4.08. The Bertz CT molecular complexity index is 1280. The van der Waals surface area contributed by atoms with Gasteiger partial charge in [0.2, 0.25) is 11.8 Å². The molecular weight excluding hydrogens is 584 g/mol. The van der Waals surface area contributed by atoms with Gasteiger partial charge in [0, 0.05) is 11.8 Å². The molecule has 2 unspecified atom stereocenters. The molecule has 0 heterocycles. The molecule has 0 aromatic heterocycles. The van der Waals surface area contributed by atoms with Crippen LogP contribution in [0.1, 0.15) is 137 Å². The summed E-state index contributed by atoms with van der Waals surface area (Å²) in [6.45, 7) is 8.02. The largest absolute Gasteiger partial charge is 0.507 e. The van der Waals surface area contributed by atoms with Gasteiger partial charge in [-0.3, -0.25) is 40.9 Å². The van der Waals surface area contributed by atoms with Crippen molar-refractivity contribution in [1.82, 2.24) is 21.7 Å². The number of rotatable bonds is 19. The Balaban J connectivity index is 1.85. The van der Waals surface area contributed by atoms with Crippen molar-refractivity contribution in [2.24, 2.45) is 11.8 Å². The van der Waals surface area contributed by atoms with Crippen LogP contribution in [0.2, 0.25) is 0 Å². The van der Waals surface area contributed by atoms with Gasteiger partial charge < -0.3 is 10.2 Å². The number of carbonyl (C=O) groups excluding carboxylic acids is 4. The second-order valence-electron chi connectivity index (χ2n) is 12.2. The van der Waals surface area contributed by atoms with Gasteiger partial charge in [-0.05, 0) is 80.3 Å². The third kappa shape index (κ3) is 13.1. The van der Waals surface area contributed by atoms with E-state index in [9.17, 15) is 29.4 Å². The fourth-order valence-corrected chi connectivity index (χ4v) is 5.25. The van der Waals surface area contributed by atoms with Crippen LogP contribution >= 0.6 is 0 Å². The molecule has 0 saturated heterocycles. The van der Waals surface area contributed by atoms with Crippen molar-refractivity contribution in [3.63, 3.8) is 0 Å². The summed E-state index contributed by atoms with van der Waals surface area (Å²) in [5.74, 6) is -2.96. The molecule has 0 spiro atoms. The number of benzene rings is 2. The molecule has 254 valence electrons. The van der Waals surface area contributed by atoms with E-state index in [1.807, 2.05) is 6.92 Å². The lowest BCUT2D eigenvalue weighted by atomic mass is 9.92. The summed E-state index contributed by atoms with van der Waals surface area (Å²) in [4.78, 5) is 51.2. The third-order valence-electron chi connectivity index (χ3n) is 8.26. The van der Waals surface area contributed by atoms with E-state index in [1.165, 1.54) is 12.1 Å². The zero-order valence-corrected chi connectivity index (χ0v) is 28.0. The molecule has 0 aliphatic rings. The van der Waals surface area contributed by atoms with Gasteiger partial charge >= 0.3 is 0 Å². The maximum atomic E-state index is 13.0. The molecule has 0 radical (unpaired) electrons. The first-order valence-electron chi connectivity index (χ1n) is 16.9. The lowest BCUT2D eigenvalue weighted by Gasteiger charge is -2.18. The standard InChI is InChI=1S/C36H54N4O6/c1-5-8-11-15-26-19-21-31(41)29(23-26)35(45)39-37-33(43)25(4)14-13-18-28(17-10-7-3)34(44)38-40-36(46)30-24-27(16-12-9-6-2)20-22-32(30)42/h19-25,28,41-42H,5-18H2,1-4H3,(H,37,43)(H,38,44)(H,39,45)(H,40,46). The van der Waals surface area contributed by atoms with Gasteiger partial charge in [0.15, 0.2) is 0 Å². The van der Waals surface area contributed by atoms with E-state index in [0.717, 1.165) is 75.3 Å². The molecule has 6 N–H and O–H groups in total. The molecule has 2 atom stereocenters. The van der Waals surface area contributed by atoms with Crippen molar-refractivity contribution in [3.8, 4) is 11.5 Å². The molecule has 2 aromatic carbocycles. The van der Waals surface area contributed by atoms with Crippen LogP contribution in [0.15, 0.2) is 36.4 Å². The first kappa shape index (κ1) is 38.1. The van der Waals surface area contributed by atoms with Crippen LogP contribution in [0.3, 0.4) is 0 Å². The molecule has 2 rings (SSSR count). The molecule has 0 saturated carbocycles. The Morgan fingerprint density at radius 3 is 1.52 bits per heavy atom. The molecule has 0 aliphatic carbocycles. The zero-order valence-electron chi connectivity index (χ0n) is 28.0. The predicted octanol–water partition coefficient (Wildman–Crippen LogP) is 6.40. The van der Waals surface area contributed by atoms with Crippen LogP contribution in [0, 0.1) is 11.8 Å². The second-order valence-corrected chi connectivity index (χ2v) is 12.2. The van der Waals surface area contributed by atoms with Gasteiger partial charge in [0.1, 0.15) is 11.5 Å². The molecule has 46 heavy (non-hydrogen) atoms. The third-order valence-corrected chi connectivity index (χ3v) is 8.26. The summed E-state index contributed by atoms with van der Waals surface area (Å²) >= 11 is 0. The normalized spacial score (nSPS) is 12.2. The van der Waals surface area contributed by atoms with Gasteiger partial charge in [-0.15, -0.1) is 0 Å². The summed E-state index contributed by atoms with van der Waals surface area (Å²) in [5, 5.41) is 20.4. The minimum atomic E-state index is -0.592. The number of phenols is 2. The van der Waals surface area contributed by atoms with E-state index in [4.69, 9.17) is 0 Å². The van der Waals surface area contributed by atoms with Crippen LogP contribution in [0.4, 0.5) is 0 Å². The van der Waals surface area contributed by atoms with Crippen molar-refractivity contribution >= 4 is 23.6 Å². The average Bonchev–Trinajstić information content (AvgIpc) is 3.05. The molecule has 10 heteroatoms. The van der Waals surface area contributed by atoms with E-state index < -0.39 is 17.7 Å². The summed E-state index contributed by atoms with van der Waals surface area (Å²) in [6.07, 6.45) is 11.9. The number of aryl methyl sites for hydroxylation is 2. The van der Waals surface area contributed by atoms with Gasteiger partial charge in [-0.25, -0.2) is 0 Å². The number of unbranched alkanes of at least 4 members (excludes halogenated alkanes) is 5. The fraction of sp³-hybridized carbons (Fsp3) is 0.556. The number of hydrogen-bond donors (Lipinski definition) is 6. The molecule has 0 aliphatic heterocycles. The van der Waals surface area contributed by atoms with Gasteiger partial charge in [0.25, 0.3) is 11.8 Å². The number of nitrogens with one attached hydrogen (secondary N) is 4.